The number of sulfonamides is 1. The van der Waals surface area contributed by atoms with Crippen LogP contribution in [0.5, 0.6) is 11.5 Å². The lowest BCUT2D eigenvalue weighted by Crippen LogP contribution is -2.18. The van der Waals surface area contributed by atoms with Crippen LogP contribution < -0.4 is 14.3 Å². The number of carbonyl (C=O) groups is 1. The summed E-state index contributed by atoms with van der Waals surface area (Å²) in [5.41, 5.74) is 0.990. The Kier molecular flexibility index (Phi) is 6.37. The smallest absolute Gasteiger partial charge is 0.344 e. The Morgan fingerprint density at radius 1 is 0.879 bits per heavy atom. The molecule has 0 spiro atoms. The van der Waals surface area contributed by atoms with Gasteiger partial charge in [-0.05, 0) is 52.7 Å². The van der Waals surface area contributed by atoms with Crippen LogP contribution in [0.15, 0.2) is 101 Å². The molecule has 0 saturated heterocycles. The predicted octanol–water partition coefficient (Wildman–Crippen LogP) is 4.38. The second-order valence-electron chi connectivity index (χ2n) is 6.99. The first kappa shape index (κ1) is 22.0. The second kappa shape index (κ2) is 9.54. The fourth-order valence-electron chi connectivity index (χ4n) is 3.23. The number of nitrogens with zero attached hydrogens (tertiary/aromatic N) is 1. The molecule has 0 fully saturated rings. The molecule has 0 aliphatic carbocycles. The average molecular weight is 461 g/mol. The highest BCUT2D eigenvalue weighted by Gasteiger charge is 2.15. The SMILES string of the molecule is COc1cc(/C=N\NS(=O)(=O)c2ccccc2)ccc1OC(=O)c1cccc2ccccc12. The van der Waals surface area contributed by atoms with E-state index in [2.05, 4.69) is 9.93 Å². The molecule has 0 bridgehead atoms. The number of hydrogen-bond donors (Lipinski definition) is 1. The Hall–Kier alpha value is -4.17. The van der Waals surface area contributed by atoms with Crippen molar-refractivity contribution in [3.63, 3.8) is 0 Å². The first-order valence-electron chi connectivity index (χ1n) is 9.96. The number of methoxy groups -OCH3 is 1. The second-order valence-corrected chi connectivity index (χ2v) is 8.65. The van der Waals surface area contributed by atoms with Crippen LogP contribution in [-0.4, -0.2) is 27.7 Å². The minimum Gasteiger partial charge on any atom is -0.493 e. The zero-order valence-electron chi connectivity index (χ0n) is 17.6. The van der Waals surface area contributed by atoms with Gasteiger partial charge >= 0.3 is 5.97 Å². The van der Waals surface area contributed by atoms with E-state index in [1.807, 2.05) is 30.3 Å². The fourth-order valence-corrected chi connectivity index (χ4v) is 4.04. The molecule has 0 aromatic heterocycles. The van der Waals surface area contributed by atoms with Crippen LogP contribution >= 0.6 is 0 Å². The number of nitrogens with one attached hydrogen (secondary N) is 1. The Morgan fingerprint density at radius 3 is 2.39 bits per heavy atom. The van der Waals surface area contributed by atoms with Crippen molar-refractivity contribution in [3.05, 3.63) is 102 Å². The van der Waals surface area contributed by atoms with Crippen LogP contribution in [0.25, 0.3) is 10.8 Å². The number of ether oxygens (including phenoxy) is 2. The molecule has 0 radical (unpaired) electrons. The molecule has 33 heavy (non-hydrogen) atoms. The Bertz CT molecular complexity index is 1430. The summed E-state index contributed by atoms with van der Waals surface area (Å²) in [7, 11) is -2.32. The normalized spacial score (nSPS) is 11.4. The number of hydrogen-bond acceptors (Lipinski definition) is 6. The highest BCUT2D eigenvalue weighted by molar-refractivity contribution is 7.89. The summed E-state index contributed by atoms with van der Waals surface area (Å²) in [6, 6.07) is 25.7. The molecule has 166 valence electrons. The molecule has 4 aromatic carbocycles. The van der Waals surface area contributed by atoms with Gasteiger partial charge in [0.05, 0.1) is 23.8 Å². The van der Waals surface area contributed by atoms with E-state index in [1.165, 1.54) is 25.5 Å². The average Bonchev–Trinajstić information content (AvgIpc) is 2.85. The summed E-state index contributed by atoms with van der Waals surface area (Å²) in [6.45, 7) is 0. The molecule has 1 N–H and O–H groups in total. The highest BCUT2D eigenvalue weighted by atomic mass is 32.2. The molecular formula is C25H20N2O5S. The summed E-state index contributed by atoms with van der Waals surface area (Å²) in [4.78, 5) is 15.1. The van der Waals surface area contributed by atoms with Crippen molar-refractivity contribution in [1.29, 1.82) is 0 Å². The maximum absolute atomic E-state index is 12.8. The highest BCUT2D eigenvalue weighted by Crippen LogP contribution is 2.29. The zero-order chi connectivity index (χ0) is 23.3. The lowest BCUT2D eigenvalue weighted by molar-refractivity contribution is 0.0732. The van der Waals surface area contributed by atoms with Gasteiger partial charge in [-0.3, -0.25) is 0 Å². The van der Waals surface area contributed by atoms with Crippen molar-refractivity contribution in [1.82, 2.24) is 4.83 Å². The number of esters is 1. The third kappa shape index (κ3) is 5.02. The Balaban J connectivity index is 1.51. The predicted molar refractivity (Wildman–Crippen MR) is 126 cm³/mol. The van der Waals surface area contributed by atoms with E-state index in [1.54, 1.807) is 48.5 Å². The first-order chi connectivity index (χ1) is 16.0. The number of hydrazone groups is 1. The van der Waals surface area contributed by atoms with E-state index in [0.29, 0.717) is 16.9 Å². The quantitative estimate of drug-likeness (QED) is 0.191. The lowest BCUT2D eigenvalue weighted by Gasteiger charge is -2.11. The minimum atomic E-state index is -3.77. The Morgan fingerprint density at radius 2 is 1.61 bits per heavy atom. The van der Waals surface area contributed by atoms with Crippen LogP contribution in [0, 0.1) is 0 Å². The van der Waals surface area contributed by atoms with Gasteiger partial charge in [-0.1, -0.05) is 54.6 Å². The van der Waals surface area contributed by atoms with Crippen LogP contribution in [0.4, 0.5) is 0 Å². The summed E-state index contributed by atoms with van der Waals surface area (Å²) in [5, 5.41) is 5.54. The van der Waals surface area contributed by atoms with Gasteiger partial charge in [-0.25, -0.2) is 9.63 Å². The van der Waals surface area contributed by atoms with Crippen LogP contribution in [0.1, 0.15) is 15.9 Å². The molecule has 0 atom stereocenters. The van der Waals surface area contributed by atoms with Crippen molar-refractivity contribution in [2.45, 2.75) is 4.90 Å². The maximum atomic E-state index is 12.8. The van der Waals surface area contributed by atoms with E-state index >= 15 is 0 Å². The monoisotopic (exact) mass is 460 g/mol. The largest absolute Gasteiger partial charge is 0.493 e. The van der Waals surface area contributed by atoms with Crippen molar-refractivity contribution >= 4 is 33.0 Å². The molecule has 0 aliphatic heterocycles. The van der Waals surface area contributed by atoms with Gasteiger partial charge in [0, 0.05) is 0 Å². The van der Waals surface area contributed by atoms with E-state index in [-0.39, 0.29) is 10.6 Å². The van der Waals surface area contributed by atoms with Crippen molar-refractivity contribution < 1.29 is 22.7 Å². The number of rotatable bonds is 7. The lowest BCUT2D eigenvalue weighted by atomic mass is 10.0. The van der Waals surface area contributed by atoms with Gasteiger partial charge in [-0.2, -0.15) is 13.5 Å². The fraction of sp³-hybridized carbons (Fsp3) is 0.0400. The molecule has 7 nitrogen and oxygen atoms in total. The van der Waals surface area contributed by atoms with Crippen LogP contribution in [0.3, 0.4) is 0 Å². The molecule has 4 aromatic rings. The zero-order valence-corrected chi connectivity index (χ0v) is 18.5. The van der Waals surface area contributed by atoms with Gasteiger partial charge < -0.3 is 9.47 Å². The van der Waals surface area contributed by atoms with Gasteiger partial charge in [0.1, 0.15) is 0 Å². The summed E-state index contributed by atoms with van der Waals surface area (Å²) in [5.74, 6) is 0.0260. The first-order valence-corrected chi connectivity index (χ1v) is 11.4. The van der Waals surface area contributed by atoms with Crippen LogP contribution in [0.2, 0.25) is 0 Å². The molecule has 0 heterocycles. The van der Waals surface area contributed by atoms with E-state index in [4.69, 9.17) is 9.47 Å². The molecule has 8 heteroatoms. The van der Waals surface area contributed by atoms with Crippen LogP contribution in [-0.2, 0) is 10.0 Å². The minimum absolute atomic E-state index is 0.107. The van der Waals surface area contributed by atoms with Gasteiger partial charge in [-0.15, -0.1) is 0 Å². The summed E-state index contributed by atoms with van der Waals surface area (Å²) < 4.78 is 35.4. The third-order valence-corrected chi connectivity index (χ3v) is 6.08. The Labute approximate surface area is 191 Å². The molecule has 0 amide bonds. The number of benzene rings is 4. The molecule has 0 aliphatic rings. The van der Waals surface area contributed by atoms with E-state index in [0.717, 1.165) is 10.8 Å². The van der Waals surface area contributed by atoms with Gasteiger partial charge in [0.25, 0.3) is 10.0 Å². The number of fused-ring (bicyclic) bond motifs is 1. The van der Waals surface area contributed by atoms with E-state index < -0.39 is 16.0 Å². The standard InChI is InChI=1S/C25H20N2O5S/c1-31-24-16-18(17-26-27-33(29,30)20-10-3-2-4-11-20)14-15-23(24)32-25(28)22-13-7-9-19-8-5-6-12-21(19)22/h2-17,27H,1H3/b26-17-. The van der Waals surface area contributed by atoms with Gasteiger partial charge in [0.2, 0.25) is 0 Å². The van der Waals surface area contributed by atoms with E-state index in [9.17, 15) is 13.2 Å². The number of carbonyl (C=O) groups excluding carboxylic acids is 1. The summed E-state index contributed by atoms with van der Waals surface area (Å²) >= 11 is 0. The molecule has 0 unspecified atom stereocenters. The summed E-state index contributed by atoms with van der Waals surface area (Å²) in [6.07, 6.45) is 1.33. The maximum Gasteiger partial charge on any atom is 0.344 e. The molecular weight excluding hydrogens is 440 g/mol. The van der Waals surface area contributed by atoms with Gasteiger partial charge in [0.15, 0.2) is 11.5 Å². The molecule has 0 saturated carbocycles. The van der Waals surface area contributed by atoms with Crippen molar-refractivity contribution in [2.24, 2.45) is 5.10 Å². The molecule has 4 rings (SSSR count). The topological polar surface area (TPSA) is 94.1 Å². The third-order valence-electron chi connectivity index (χ3n) is 4.84. The van der Waals surface area contributed by atoms with Crippen molar-refractivity contribution in [2.75, 3.05) is 7.11 Å². The van der Waals surface area contributed by atoms with Crippen molar-refractivity contribution in [3.8, 4) is 11.5 Å².